The minimum absolute atomic E-state index is 0.0918. The van der Waals surface area contributed by atoms with Crippen LogP contribution in [0.1, 0.15) is 36.5 Å². The highest BCUT2D eigenvalue weighted by atomic mass is 19.1. The molecular formula is C12H16FN3O. The summed E-state index contributed by atoms with van der Waals surface area (Å²) in [6, 6.07) is 1.34. The van der Waals surface area contributed by atoms with Gasteiger partial charge in [0.1, 0.15) is 11.6 Å². The summed E-state index contributed by atoms with van der Waals surface area (Å²) >= 11 is 0. The summed E-state index contributed by atoms with van der Waals surface area (Å²) in [7, 11) is 0. The summed E-state index contributed by atoms with van der Waals surface area (Å²) in [4.78, 5) is 17.6. The molecule has 1 aliphatic heterocycles. The number of nitrogen functional groups attached to an aromatic ring is 1. The molecule has 4 nitrogen and oxygen atoms in total. The van der Waals surface area contributed by atoms with Gasteiger partial charge in [-0.2, -0.15) is 0 Å². The van der Waals surface area contributed by atoms with E-state index in [0.29, 0.717) is 6.54 Å². The molecule has 1 aromatic rings. The zero-order valence-electron chi connectivity index (χ0n) is 9.82. The van der Waals surface area contributed by atoms with Gasteiger partial charge >= 0.3 is 0 Å². The van der Waals surface area contributed by atoms with Gasteiger partial charge in [-0.25, -0.2) is 9.37 Å². The lowest BCUT2D eigenvalue weighted by Gasteiger charge is -2.33. The van der Waals surface area contributed by atoms with Crippen molar-refractivity contribution in [3.05, 3.63) is 23.6 Å². The van der Waals surface area contributed by atoms with Crippen LogP contribution in [0.2, 0.25) is 0 Å². The molecule has 1 fully saturated rings. The van der Waals surface area contributed by atoms with Gasteiger partial charge in [0, 0.05) is 12.6 Å². The van der Waals surface area contributed by atoms with Crippen molar-refractivity contribution in [1.29, 1.82) is 0 Å². The lowest BCUT2D eigenvalue weighted by atomic mass is 10.0. The summed E-state index contributed by atoms with van der Waals surface area (Å²) in [6.07, 6.45) is 4.11. The van der Waals surface area contributed by atoms with E-state index >= 15 is 0 Å². The maximum absolute atomic E-state index is 13.1. The highest BCUT2D eigenvalue weighted by Crippen LogP contribution is 2.21. The van der Waals surface area contributed by atoms with Gasteiger partial charge in [-0.1, -0.05) is 0 Å². The number of halogens is 1. The molecule has 1 saturated heterocycles. The van der Waals surface area contributed by atoms with E-state index in [4.69, 9.17) is 5.73 Å². The number of nitrogens with zero attached hydrogens (tertiary/aromatic N) is 2. The van der Waals surface area contributed by atoms with Crippen LogP contribution in [0.3, 0.4) is 0 Å². The Morgan fingerprint density at radius 2 is 2.35 bits per heavy atom. The molecule has 0 radical (unpaired) electrons. The summed E-state index contributed by atoms with van der Waals surface area (Å²) in [5.41, 5.74) is 5.78. The summed E-state index contributed by atoms with van der Waals surface area (Å²) in [5, 5.41) is 0. The smallest absolute Gasteiger partial charge is 0.257 e. The van der Waals surface area contributed by atoms with Gasteiger partial charge in [-0.15, -0.1) is 0 Å². The Bertz CT molecular complexity index is 436. The van der Waals surface area contributed by atoms with E-state index in [1.165, 1.54) is 0 Å². The number of rotatable bonds is 1. The second kappa shape index (κ2) is 4.69. The van der Waals surface area contributed by atoms with Crippen LogP contribution in [0, 0.1) is 5.82 Å². The van der Waals surface area contributed by atoms with Crippen molar-refractivity contribution in [3.8, 4) is 0 Å². The number of carbonyl (C=O) groups is 1. The zero-order chi connectivity index (χ0) is 12.4. The van der Waals surface area contributed by atoms with E-state index in [-0.39, 0.29) is 23.3 Å². The van der Waals surface area contributed by atoms with Crippen LogP contribution in [0.4, 0.5) is 10.2 Å². The Hall–Kier alpha value is -1.65. The molecule has 92 valence electrons. The Morgan fingerprint density at radius 3 is 3.06 bits per heavy atom. The Labute approximate surface area is 99.6 Å². The van der Waals surface area contributed by atoms with E-state index < -0.39 is 5.82 Å². The normalized spacial score (nSPS) is 20.4. The molecule has 1 unspecified atom stereocenters. The van der Waals surface area contributed by atoms with E-state index in [1.807, 2.05) is 6.92 Å². The maximum atomic E-state index is 13.1. The number of piperidine rings is 1. The number of anilines is 1. The predicted molar refractivity (Wildman–Crippen MR) is 63.0 cm³/mol. The Kier molecular flexibility index (Phi) is 3.26. The van der Waals surface area contributed by atoms with E-state index in [2.05, 4.69) is 4.98 Å². The first-order valence-electron chi connectivity index (χ1n) is 5.81. The summed E-state index contributed by atoms with van der Waals surface area (Å²) in [5.74, 6) is -0.664. The third-order valence-corrected chi connectivity index (χ3v) is 3.18. The van der Waals surface area contributed by atoms with Crippen molar-refractivity contribution in [1.82, 2.24) is 9.88 Å². The third-order valence-electron chi connectivity index (χ3n) is 3.18. The third kappa shape index (κ3) is 2.38. The van der Waals surface area contributed by atoms with Crippen LogP contribution in [0.25, 0.3) is 0 Å². The fourth-order valence-corrected chi connectivity index (χ4v) is 2.18. The maximum Gasteiger partial charge on any atom is 0.257 e. The fourth-order valence-electron chi connectivity index (χ4n) is 2.18. The van der Waals surface area contributed by atoms with Crippen LogP contribution in [-0.4, -0.2) is 28.4 Å². The van der Waals surface area contributed by atoms with Crippen molar-refractivity contribution in [2.24, 2.45) is 0 Å². The van der Waals surface area contributed by atoms with Crippen LogP contribution < -0.4 is 5.73 Å². The lowest BCUT2D eigenvalue weighted by molar-refractivity contribution is 0.0636. The largest absolute Gasteiger partial charge is 0.383 e. The molecule has 1 aromatic heterocycles. The average Bonchev–Trinajstić information content (AvgIpc) is 2.32. The molecule has 1 atom stereocenters. The van der Waals surface area contributed by atoms with E-state index in [0.717, 1.165) is 31.5 Å². The molecule has 0 spiro atoms. The number of amides is 1. The molecule has 0 bridgehead atoms. The molecule has 2 N–H and O–H groups in total. The topological polar surface area (TPSA) is 59.2 Å². The Balaban J connectivity index is 2.26. The molecule has 2 rings (SSSR count). The van der Waals surface area contributed by atoms with E-state index in [9.17, 15) is 9.18 Å². The van der Waals surface area contributed by atoms with Crippen molar-refractivity contribution >= 4 is 11.7 Å². The monoisotopic (exact) mass is 237 g/mol. The molecule has 0 saturated carbocycles. The van der Waals surface area contributed by atoms with Crippen molar-refractivity contribution in [3.63, 3.8) is 0 Å². The highest BCUT2D eigenvalue weighted by Gasteiger charge is 2.26. The molecule has 5 heteroatoms. The molecule has 0 aromatic carbocycles. The number of nitrogens with two attached hydrogens (primary N) is 1. The van der Waals surface area contributed by atoms with Crippen LogP contribution in [0.5, 0.6) is 0 Å². The van der Waals surface area contributed by atoms with E-state index in [1.54, 1.807) is 4.90 Å². The number of carbonyl (C=O) groups excluding carboxylic acids is 1. The first-order valence-corrected chi connectivity index (χ1v) is 5.81. The number of likely N-dealkylation sites (tertiary alicyclic amines) is 1. The Morgan fingerprint density at radius 1 is 1.59 bits per heavy atom. The minimum atomic E-state index is -0.535. The van der Waals surface area contributed by atoms with Crippen LogP contribution in [-0.2, 0) is 0 Å². The summed E-state index contributed by atoms with van der Waals surface area (Å²) < 4.78 is 13.1. The molecule has 0 aliphatic carbocycles. The first-order chi connectivity index (χ1) is 8.09. The molecule has 2 heterocycles. The molecular weight excluding hydrogens is 221 g/mol. The van der Waals surface area contributed by atoms with Crippen LogP contribution >= 0.6 is 0 Å². The number of pyridine rings is 1. The number of aromatic nitrogens is 1. The van der Waals surface area contributed by atoms with Gasteiger partial charge in [-0.3, -0.25) is 4.79 Å². The van der Waals surface area contributed by atoms with Crippen molar-refractivity contribution < 1.29 is 9.18 Å². The van der Waals surface area contributed by atoms with Crippen molar-refractivity contribution in [2.45, 2.75) is 32.2 Å². The summed E-state index contributed by atoms with van der Waals surface area (Å²) in [6.45, 7) is 2.70. The highest BCUT2D eigenvalue weighted by molar-refractivity contribution is 5.98. The molecule has 1 amide bonds. The van der Waals surface area contributed by atoms with Crippen LogP contribution in [0.15, 0.2) is 12.3 Å². The SMILES string of the molecule is CC1CCCCN1C(=O)c1cc(F)cnc1N. The van der Waals surface area contributed by atoms with Gasteiger partial charge in [0.15, 0.2) is 0 Å². The lowest BCUT2D eigenvalue weighted by Crippen LogP contribution is -2.42. The quantitative estimate of drug-likeness (QED) is 0.810. The number of hydrogen-bond donors (Lipinski definition) is 1. The zero-order valence-corrected chi connectivity index (χ0v) is 9.82. The first kappa shape index (κ1) is 11.8. The number of hydrogen-bond acceptors (Lipinski definition) is 3. The predicted octanol–water partition coefficient (Wildman–Crippen LogP) is 1.82. The average molecular weight is 237 g/mol. The second-order valence-corrected chi connectivity index (χ2v) is 4.43. The minimum Gasteiger partial charge on any atom is -0.383 e. The van der Waals surface area contributed by atoms with Gasteiger partial charge < -0.3 is 10.6 Å². The van der Waals surface area contributed by atoms with Gasteiger partial charge in [0.2, 0.25) is 0 Å². The molecule has 1 aliphatic rings. The standard InChI is InChI=1S/C12H16FN3O/c1-8-4-2-3-5-16(8)12(17)10-6-9(13)7-15-11(10)14/h6-8H,2-5H2,1H3,(H2,14,15). The fraction of sp³-hybridized carbons (Fsp3) is 0.500. The van der Waals surface area contributed by atoms with Gasteiger partial charge in [0.25, 0.3) is 5.91 Å². The van der Waals surface area contributed by atoms with Gasteiger partial charge in [0.05, 0.1) is 11.8 Å². The molecule has 17 heavy (non-hydrogen) atoms. The second-order valence-electron chi connectivity index (χ2n) is 4.43. The van der Waals surface area contributed by atoms with Gasteiger partial charge in [-0.05, 0) is 32.3 Å². The van der Waals surface area contributed by atoms with Crippen molar-refractivity contribution in [2.75, 3.05) is 12.3 Å².